The number of aromatic hydroxyl groups is 1. The van der Waals surface area contributed by atoms with Crippen molar-refractivity contribution in [2.75, 3.05) is 19.8 Å². The Balaban J connectivity index is 2.29. The molecule has 1 rings (SSSR count). The van der Waals surface area contributed by atoms with Crippen LogP contribution in [0, 0.1) is 0 Å². The van der Waals surface area contributed by atoms with Gasteiger partial charge >= 0.3 is 0 Å². The summed E-state index contributed by atoms with van der Waals surface area (Å²) in [5, 5.41) is 20.4. The molecular weight excluding hydrogens is 210 g/mol. The fourth-order valence-electron chi connectivity index (χ4n) is 1.08. The number of amides is 1. The summed E-state index contributed by atoms with van der Waals surface area (Å²) in [6, 6.07) is 6.44. The molecular formula is C11H15NO4. The Morgan fingerprint density at radius 1 is 1.38 bits per heavy atom. The fraction of sp³-hybridized carbons (Fsp3) is 0.364. The molecule has 0 spiro atoms. The second kappa shape index (κ2) is 6.68. The van der Waals surface area contributed by atoms with Gasteiger partial charge in [0.25, 0.3) is 5.91 Å². The molecule has 0 unspecified atom stereocenters. The first-order valence-electron chi connectivity index (χ1n) is 5.02. The Kier molecular flexibility index (Phi) is 5.15. The van der Waals surface area contributed by atoms with Crippen LogP contribution in [0.2, 0.25) is 0 Å². The average molecular weight is 225 g/mol. The number of carbonyl (C=O) groups excluding carboxylic acids is 1. The molecule has 1 amide bonds. The van der Waals surface area contributed by atoms with Crippen LogP contribution >= 0.6 is 0 Å². The van der Waals surface area contributed by atoms with E-state index in [1.165, 1.54) is 6.07 Å². The van der Waals surface area contributed by atoms with Gasteiger partial charge in [0.2, 0.25) is 0 Å². The molecule has 0 saturated heterocycles. The van der Waals surface area contributed by atoms with E-state index in [2.05, 4.69) is 5.32 Å². The number of nitrogens with one attached hydrogen (secondary N) is 1. The lowest BCUT2D eigenvalue weighted by Gasteiger charge is -2.07. The van der Waals surface area contributed by atoms with E-state index in [0.717, 1.165) is 0 Å². The molecule has 0 aliphatic heterocycles. The topological polar surface area (TPSA) is 78.8 Å². The number of phenolic OH excluding ortho intramolecular Hbond substituents is 1. The first-order chi connectivity index (χ1) is 7.74. The molecule has 0 bridgehead atoms. The molecule has 0 saturated carbocycles. The van der Waals surface area contributed by atoms with E-state index >= 15 is 0 Å². The van der Waals surface area contributed by atoms with Crippen LogP contribution in [-0.4, -0.2) is 35.9 Å². The molecule has 0 heterocycles. The third-order valence-corrected chi connectivity index (χ3v) is 1.88. The van der Waals surface area contributed by atoms with Crippen molar-refractivity contribution in [3.63, 3.8) is 0 Å². The Morgan fingerprint density at radius 3 is 2.81 bits per heavy atom. The molecule has 1 aromatic rings. The van der Waals surface area contributed by atoms with Crippen molar-refractivity contribution in [2.24, 2.45) is 0 Å². The van der Waals surface area contributed by atoms with Gasteiger partial charge in [-0.2, -0.15) is 0 Å². The molecule has 5 heteroatoms. The van der Waals surface area contributed by atoms with E-state index in [0.29, 0.717) is 13.0 Å². The minimum atomic E-state index is -0.281. The Labute approximate surface area is 93.7 Å². The van der Waals surface area contributed by atoms with Crippen LogP contribution in [0.3, 0.4) is 0 Å². The third kappa shape index (κ3) is 4.18. The summed E-state index contributed by atoms with van der Waals surface area (Å²) in [5.74, 6) is 0.00201. The summed E-state index contributed by atoms with van der Waals surface area (Å²) in [7, 11) is 0. The standard InChI is InChI=1S/C11H15NO4/c13-7-3-6-12-11(15)8-16-10-5-2-1-4-9(10)14/h1-2,4-5,13-14H,3,6-8H2,(H,12,15). The number of hydrogen-bond acceptors (Lipinski definition) is 4. The van der Waals surface area contributed by atoms with Crippen molar-refractivity contribution in [1.82, 2.24) is 5.32 Å². The third-order valence-electron chi connectivity index (χ3n) is 1.88. The van der Waals surface area contributed by atoms with Gasteiger partial charge in [-0.25, -0.2) is 0 Å². The summed E-state index contributed by atoms with van der Waals surface area (Å²) in [4.78, 5) is 11.2. The Bertz CT molecular complexity index is 341. The Morgan fingerprint density at radius 2 is 2.12 bits per heavy atom. The molecule has 0 radical (unpaired) electrons. The van der Waals surface area contributed by atoms with Gasteiger partial charge in [0.1, 0.15) is 0 Å². The zero-order chi connectivity index (χ0) is 11.8. The van der Waals surface area contributed by atoms with Gasteiger partial charge in [0.05, 0.1) is 0 Å². The predicted octanol–water partition coefficient (Wildman–Crippen LogP) is 0.270. The minimum absolute atomic E-state index is 0.00524. The molecule has 0 atom stereocenters. The van der Waals surface area contributed by atoms with Gasteiger partial charge in [-0.15, -0.1) is 0 Å². The normalized spacial score (nSPS) is 9.81. The van der Waals surface area contributed by atoms with E-state index in [1.54, 1.807) is 18.2 Å². The van der Waals surface area contributed by atoms with Crippen molar-refractivity contribution < 1.29 is 19.7 Å². The first kappa shape index (κ1) is 12.3. The van der Waals surface area contributed by atoms with E-state index in [9.17, 15) is 9.90 Å². The van der Waals surface area contributed by atoms with Gasteiger partial charge in [-0.05, 0) is 18.6 Å². The highest BCUT2D eigenvalue weighted by Gasteiger charge is 2.04. The number of ether oxygens (including phenoxy) is 1. The maximum absolute atomic E-state index is 11.2. The largest absolute Gasteiger partial charge is 0.504 e. The number of aliphatic hydroxyl groups excluding tert-OH is 1. The van der Waals surface area contributed by atoms with Crippen LogP contribution < -0.4 is 10.1 Å². The van der Waals surface area contributed by atoms with E-state index in [4.69, 9.17) is 9.84 Å². The maximum Gasteiger partial charge on any atom is 0.257 e. The van der Waals surface area contributed by atoms with Crippen LogP contribution in [-0.2, 0) is 4.79 Å². The van der Waals surface area contributed by atoms with Gasteiger partial charge in [-0.1, -0.05) is 12.1 Å². The molecule has 0 fully saturated rings. The van der Waals surface area contributed by atoms with Crippen molar-refractivity contribution in [2.45, 2.75) is 6.42 Å². The number of aliphatic hydroxyl groups is 1. The zero-order valence-electron chi connectivity index (χ0n) is 8.85. The van der Waals surface area contributed by atoms with Crippen LogP contribution in [0.15, 0.2) is 24.3 Å². The minimum Gasteiger partial charge on any atom is -0.504 e. The lowest BCUT2D eigenvalue weighted by atomic mass is 10.3. The summed E-state index contributed by atoms with van der Waals surface area (Å²) in [6.45, 7) is 0.309. The molecule has 88 valence electrons. The molecule has 0 aromatic heterocycles. The van der Waals surface area contributed by atoms with Crippen LogP contribution in [0.25, 0.3) is 0 Å². The first-order valence-corrected chi connectivity index (χ1v) is 5.02. The van der Waals surface area contributed by atoms with Crippen molar-refractivity contribution >= 4 is 5.91 Å². The molecule has 0 aliphatic carbocycles. The number of benzene rings is 1. The van der Waals surface area contributed by atoms with Crippen LogP contribution in [0.1, 0.15) is 6.42 Å². The van der Waals surface area contributed by atoms with Crippen LogP contribution in [0.5, 0.6) is 11.5 Å². The van der Waals surface area contributed by atoms with Crippen molar-refractivity contribution in [3.05, 3.63) is 24.3 Å². The number of carbonyl (C=O) groups is 1. The van der Waals surface area contributed by atoms with Crippen LogP contribution in [0.4, 0.5) is 0 Å². The summed E-state index contributed by atoms with van der Waals surface area (Å²) in [5.41, 5.74) is 0. The number of phenols is 1. The lowest BCUT2D eigenvalue weighted by Crippen LogP contribution is -2.30. The fourth-order valence-corrected chi connectivity index (χ4v) is 1.08. The summed E-state index contributed by atoms with van der Waals surface area (Å²) >= 11 is 0. The summed E-state index contributed by atoms with van der Waals surface area (Å²) < 4.78 is 5.10. The van der Waals surface area contributed by atoms with E-state index in [-0.39, 0.29) is 30.6 Å². The van der Waals surface area contributed by atoms with Gasteiger partial charge in [-0.3, -0.25) is 4.79 Å². The monoisotopic (exact) mass is 225 g/mol. The van der Waals surface area contributed by atoms with Gasteiger partial charge < -0.3 is 20.3 Å². The highest BCUT2D eigenvalue weighted by molar-refractivity contribution is 5.77. The maximum atomic E-state index is 11.2. The quantitative estimate of drug-likeness (QED) is 0.607. The molecule has 3 N–H and O–H groups in total. The molecule has 1 aromatic carbocycles. The van der Waals surface area contributed by atoms with E-state index in [1.807, 2.05) is 0 Å². The number of hydrogen-bond donors (Lipinski definition) is 3. The predicted molar refractivity (Wildman–Crippen MR) is 58.3 cm³/mol. The number of rotatable bonds is 6. The second-order valence-electron chi connectivity index (χ2n) is 3.18. The molecule has 0 aliphatic rings. The second-order valence-corrected chi connectivity index (χ2v) is 3.18. The molecule has 16 heavy (non-hydrogen) atoms. The van der Waals surface area contributed by atoms with E-state index < -0.39 is 0 Å². The number of para-hydroxylation sites is 2. The highest BCUT2D eigenvalue weighted by Crippen LogP contribution is 2.23. The Hall–Kier alpha value is -1.75. The smallest absolute Gasteiger partial charge is 0.257 e. The zero-order valence-corrected chi connectivity index (χ0v) is 8.85. The van der Waals surface area contributed by atoms with Gasteiger partial charge in [0.15, 0.2) is 18.1 Å². The molecule has 5 nitrogen and oxygen atoms in total. The summed E-state index contributed by atoms with van der Waals surface area (Å²) in [6.07, 6.45) is 0.516. The van der Waals surface area contributed by atoms with Crippen molar-refractivity contribution in [3.8, 4) is 11.5 Å². The lowest BCUT2D eigenvalue weighted by molar-refractivity contribution is -0.123. The van der Waals surface area contributed by atoms with Crippen molar-refractivity contribution in [1.29, 1.82) is 0 Å². The SMILES string of the molecule is O=C(COc1ccccc1O)NCCCO. The highest BCUT2D eigenvalue weighted by atomic mass is 16.5. The average Bonchev–Trinajstić information content (AvgIpc) is 2.28. The van der Waals surface area contributed by atoms with Gasteiger partial charge in [0, 0.05) is 13.2 Å².